The van der Waals surface area contributed by atoms with Gasteiger partial charge in [-0.15, -0.1) is 0 Å². The Kier molecular flexibility index (Phi) is 19.1. The first-order chi connectivity index (χ1) is 63.4. The van der Waals surface area contributed by atoms with E-state index in [9.17, 15) is 0 Å². The summed E-state index contributed by atoms with van der Waals surface area (Å²) in [5, 5.41) is 3.68. The van der Waals surface area contributed by atoms with Crippen molar-refractivity contribution in [2.45, 2.75) is 0 Å². The minimum atomic E-state index is 0.444. The number of hydrogen-bond acceptors (Lipinski definition) is 15. The first kappa shape index (κ1) is 75.2. The molecule has 0 aliphatic carbocycles. The highest BCUT2D eigenvalue weighted by molar-refractivity contribution is 6.14. The summed E-state index contributed by atoms with van der Waals surface area (Å²) in [6, 6.07) is 142. The van der Waals surface area contributed by atoms with Crippen molar-refractivity contribution in [3.8, 4) is 193 Å². The maximum absolute atomic E-state index is 5.60. The van der Waals surface area contributed by atoms with Crippen molar-refractivity contribution in [1.29, 1.82) is 0 Å². The zero-order valence-corrected chi connectivity index (χ0v) is 68.4. The summed E-state index contributed by atoms with van der Waals surface area (Å²) < 4.78 is 4.69. The molecular weight excluding hydrogens is 1570 g/mol. The molecule has 17 heteroatoms. The molecule has 0 fully saturated rings. The van der Waals surface area contributed by atoms with Crippen molar-refractivity contribution in [3.63, 3.8) is 0 Å². The molecule has 0 saturated heterocycles. The van der Waals surface area contributed by atoms with Crippen molar-refractivity contribution in [2.24, 2.45) is 0 Å². The maximum atomic E-state index is 5.60. The topological polar surface area (TPSA) is 203 Å². The average molecular weight is 1640 g/mol. The molecule has 0 amide bonds. The smallest absolute Gasteiger partial charge is 0.166 e. The highest BCUT2D eigenvalue weighted by Crippen LogP contribution is 2.45. The van der Waals surface area contributed by atoms with Crippen molar-refractivity contribution < 1.29 is 0 Å². The van der Waals surface area contributed by atoms with E-state index in [1.165, 1.54) is 0 Å². The summed E-state index contributed by atoms with van der Waals surface area (Å²) in [5.41, 5.74) is 19.5. The Hall–Kier alpha value is -17.8. The minimum Gasteiger partial charge on any atom is -0.309 e. The standard InChI is InChI=1S/C111H69N17/c1-11-33-70(34-12-1)97-112-98(71-35-13-2-14-36-71)118-107(117-97)81-56-61-92-86(66-81)87-67-82(108-119-99(72-37-15-3-16-38-72)113-100(120-108)73-39-17-4-18-40-73)57-62-93(87)127(92)91-54-32-31-53-85(91)80-55-60-96(90(65-80)111-125-105(78-49-27-9-28-50-78)116-106(126-111)79-51-29-10-30-52-79)128-94-63-58-83(109-121-101(74-41-19-5-20-42-74)114-102(122-109)75-43-21-6-22-44-75)68-88(94)89-69-84(59-64-95(89)128)110-123-103(76-45-23-7-24-46-76)115-104(124-110)77-47-25-8-26-48-77/h1-69H. The second-order valence-corrected chi connectivity index (χ2v) is 31.0. The third-order valence-corrected chi connectivity index (χ3v) is 23.0. The van der Waals surface area contributed by atoms with Gasteiger partial charge >= 0.3 is 0 Å². The summed E-state index contributed by atoms with van der Waals surface area (Å²) >= 11 is 0. The van der Waals surface area contributed by atoms with Crippen LogP contribution in [0.25, 0.3) is 237 Å². The Balaban J connectivity index is 0.764. The number of nitrogens with zero attached hydrogens (tertiary/aromatic N) is 17. The molecule has 0 aliphatic heterocycles. The van der Waals surface area contributed by atoms with Crippen LogP contribution in [-0.4, -0.2) is 83.9 Å². The van der Waals surface area contributed by atoms with E-state index in [-0.39, 0.29) is 0 Å². The van der Waals surface area contributed by atoms with Crippen LogP contribution in [0.1, 0.15) is 0 Å². The van der Waals surface area contributed by atoms with Gasteiger partial charge in [0.2, 0.25) is 0 Å². The van der Waals surface area contributed by atoms with Gasteiger partial charge in [0.25, 0.3) is 0 Å². The van der Waals surface area contributed by atoms with E-state index < -0.39 is 0 Å². The van der Waals surface area contributed by atoms with Crippen LogP contribution in [0.4, 0.5) is 0 Å². The lowest BCUT2D eigenvalue weighted by Gasteiger charge is -2.18. The molecule has 7 aromatic heterocycles. The van der Waals surface area contributed by atoms with Gasteiger partial charge in [0.15, 0.2) is 87.4 Å². The third-order valence-electron chi connectivity index (χ3n) is 23.0. The number of rotatable bonds is 18. The van der Waals surface area contributed by atoms with E-state index >= 15 is 0 Å². The van der Waals surface area contributed by atoms with Gasteiger partial charge in [-0.3, -0.25) is 0 Å². The second kappa shape index (κ2) is 32.5. The Labute approximate surface area is 734 Å². The SMILES string of the molecule is c1ccc(-c2nc(-c3ccccc3)nc(-c3ccc4c(c3)c3cc(-c5nc(-c6ccccc6)nc(-c6ccccc6)n5)ccc3n4-c3ccccc3-c3ccc(-n4c5ccc(-c6nc(-c7ccccc7)nc(-c7ccccc7)n6)cc5c5cc(-c6nc(-c7ccccc7)nc(-c7ccccc7)n6)ccc54)c(-c4nc(-c5ccccc5)nc(-c5ccccc5)n4)c3)n2)cc1. The van der Waals surface area contributed by atoms with Gasteiger partial charge in [0, 0.05) is 111 Å². The molecule has 16 aromatic carbocycles. The van der Waals surface area contributed by atoms with Gasteiger partial charge in [-0.05, 0) is 96.6 Å². The normalized spacial score (nSPS) is 11.4. The van der Waals surface area contributed by atoms with E-state index in [1.807, 2.05) is 303 Å². The van der Waals surface area contributed by atoms with E-state index in [0.717, 1.165) is 150 Å². The van der Waals surface area contributed by atoms with Crippen LogP contribution in [0, 0.1) is 0 Å². The molecule has 23 rings (SSSR count). The van der Waals surface area contributed by atoms with Gasteiger partial charge in [0.1, 0.15) is 0 Å². The number of hydrogen-bond donors (Lipinski definition) is 0. The van der Waals surface area contributed by atoms with Crippen molar-refractivity contribution in [1.82, 2.24) is 83.9 Å². The van der Waals surface area contributed by atoms with Crippen molar-refractivity contribution in [2.75, 3.05) is 0 Å². The first-order valence-electron chi connectivity index (χ1n) is 42.2. The molecule has 7 heterocycles. The lowest BCUT2D eigenvalue weighted by Crippen LogP contribution is -2.04. The first-order valence-corrected chi connectivity index (χ1v) is 42.2. The van der Waals surface area contributed by atoms with E-state index in [2.05, 4.69) is 124 Å². The molecule has 0 atom stereocenters. The molecule has 0 spiro atoms. The van der Waals surface area contributed by atoms with Crippen LogP contribution < -0.4 is 0 Å². The summed E-state index contributed by atoms with van der Waals surface area (Å²) in [6.45, 7) is 0. The Morgan fingerprint density at radius 2 is 0.289 bits per heavy atom. The van der Waals surface area contributed by atoms with Gasteiger partial charge in [-0.2, -0.15) is 0 Å². The van der Waals surface area contributed by atoms with Crippen LogP contribution in [0.2, 0.25) is 0 Å². The van der Waals surface area contributed by atoms with Gasteiger partial charge < -0.3 is 9.13 Å². The maximum Gasteiger partial charge on any atom is 0.166 e. The van der Waals surface area contributed by atoms with Crippen molar-refractivity contribution >= 4 is 43.6 Å². The largest absolute Gasteiger partial charge is 0.309 e. The average Bonchev–Trinajstić information content (AvgIpc) is 1.57. The molecule has 0 aliphatic rings. The Morgan fingerprint density at radius 1 is 0.117 bits per heavy atom. The minimum absolute atomic E-state index is 0.444. The van der Waals surface area contributed by atoms with E-state index in [1.54, 1.807) is 0 Å². The highest BCUT2D eigenvalue weighted by Gasteiger charge is 2.27. The zero-order chi connectivity index (χ0) is 84.8. The third kappa shape index (κ3) is 14.4. The Bertz CT molecular complexity index is 7480. The van der Waals surface area contributed by atoms with Gasteiger partial charge in [-0.25, -0.2) is 74.8 Å². The fourth-order valence-corrected chi connectivity index (χ4v) is 16.8. The van der Waals surface area contributed by atoms with Crippen molar-refractivity contribution in [3.05, 3.63) is 419 Å². The fourth-order valence-electron chi connectivity index (χ4n) is 16.8. The molecule has 0 bridgehead atoms. The molecule has 0 N–H and O–H groups in total. The lowest BCUT2D eigenvalue weighted by atomic mass is 9.99. The molecule has 598 valence electrons. The van der Waals surface area contributed by atoms with Crippen LogP contribution in [0.15, 0.2) is 419 Å². The summed E-state index contributed by atoms with van der Waals surface area (Å²) in [7, 11) is 0. The van der Waals surface area contributed by atoms with Crippen LogP contribution in [0.5, 0.6) is 0 Å². The number of benzene rings is 16. The van der Waals surface area contributed by atoms with Crippen LogP contribution in [-0.2, 0) is 0 Å². The molecule has 17 nitrogen and oxygen atoms in total. The lowest BCUT2D eigenvalue weighted by molar-refractivity contribution is 1.06. The quantitative estimate of drug-likeness (QED) is 0.0784. The van der Waals surface area contributed by atoms with E-state index in [0.29, 0.717) is 87.4 Å². The molecular formula is C111H69N17. The molecule has 23 aromatic rings. The molecule has 128 heavy (non-hydrogen) atoms. The van der Waals surface area contributed by atoms with E-state index in [4.69, 9.17) is 74.8 Å². The molecule has 0 unspecified atom stereocenters. The number of fused-ring (bicyclic) bond motifs is 6. The molecule has 0 radical (unpaired) electrons. The second-order valence-electron chi connectivity index (χ2n) is 31.0. The predicted molar refractivity (Wildman–Crippen MR) is 509 cm³/mol. The summed E-state index contributed by atoms with van der Waals surface area (Å²) in [4.78, 5) is 79.3. The van der Waals surface area contributed by atoms with Gasteiger partial charge in [0.05, 0.1) is 33.4 Å². The monoisotopic (exact) mass is 1640 g/mol. The number of para-hydroxylation sites is 1. The highest BCUT2D eigenvalue weighted by atomic mass is 15.1. The zero-order valence-electron chi connectivity index (χ0n) is 68.4. The fraction of sp³-hybridized carbons (Fsp3) is 0. The number of aromatic nitrogens is 17. The summed E-state index contributed by atoms with van der Waals surface area (Å²) in [5.74, 6) is 7.92. The predicted octanol–water partition coefficient (Wildman–Crippen LogP) is 25.5. The Morgan fingerprint density at radius 3 is 0.508 bits per heavy atom. The summed E-state index contributed by atoms with van der Waals surface area (Å²) in [6.07, 6.45) is 0. The van der Waals surface area contributed by atoms with Gasteiger partial charge in [-0.1, -0.05) is 328 Å². The van der Waals surface area contributed by atoms with Crippen LogP contribution in [0.3, 0.4) is 0 Å². The molecule has 0 saturated carbocycles. The van der Waals surface area contributed by atoms with Crippen LogP contribution >= 0.6 is 0 Å².